The van der Waals surface area contributed by atoms with Crippen LogP contribution in [-0.4, -0.2) is 19.9 Å². The molecule has 0 atom stereocenters. The van der Waals surface area contributed by atoms with Gasteiger partial charge in [-0.3, -0.25) is 4.98 Å². The minimum Gasteiger partial charge on any atom is -0.264 e. The van der Waals surface area contributed by atoms with Crippen molar-refractivity contribution in [2.24, 2.45) is 0 Å². The molecule has 4 nitrogen and oxygen atoms in total. The summed E-state index contributed by atoms with van der Waals surface area (Å²) in [6, 6.07) is 58.7. The lowest BCUT2D eigenvalue weighted by molar-refractivity contribution is 1.07. The fraction of sp³-hybridized carbons (Fsp3) is 0. The zero-order valence-corrected chi connectivity index (χ0v) is 26.1. The van der Waals surface area contributed by atoms with Gasteiger partial charge in [-0.1, -0.05) is 133 Å². The normalized spacial score (nSPS) is 10.9. The summed E-state index contributed by atoms with van der Waals surface area (Å²) in [5, 5.41) is 0. The number of nitrogens with zero attached hydrogens (tertiary/aromatic N) is 4. The molecule has 0 saturated heterocycles. The molecule has 2 aromatic heterocycles. The molecule has 0 radical (unpaired) electrons. The van der Waals surface area contributed by atoms with Gasteiger partial charge in [-0.2, -0.15) is 0 Å². The predicted molar refractivity (Wildman–Crippen MR) is 196 cm³/mol. The zero-order valence-electron chi connectivity index (χ0n) is 26.1. The van der Waals surface area contributed by atoms with Gasteiger partial charge in [0.05, 0.1) is 0 Å². The molecule has 8 aromatic rings. The maximum absolute atomic E-state index is 5.05. The van der Waals surface area contributed by atoms with Gasteiger partial charge >= 0.3 is 0 Å². The first-order chi connectivity index (χ1) is 23.8. The van der Waals surface area contributed by atoms with Gasteiger partial charge in [-0.25, -0.2) is 15.0 Å². The summed E-state index contributed by atoms with van der Waals surface area (Å²) in [7, 11) is 0. The molecule has 48 heavy (non-hydrogen) atoms. The lowest BCUT2D eigenvalue weighted by Crippen LogP contribution is -2.00. The van der Waals surface area contributed by atoms with Crippen LogP contribution in [-0.2, 0) is 0 Å². The van der Waals surface area contributed by atoms with E-state index in [1.807, 2.05) is 79.0 Å². The molecule has 4 heteroatoms. The van der Waals surface area contributed by atoms with E-state index in [4.69, 9.17) is 15.0 Å². The van der Waals surface area contributed by atoms with E-state index in [2.05, 4.69) is 102 Å². The fourth-order valence-corrected chi connectivity index (χ4v) is 5.95. The fourth-order valence-electron chi connectivity index (χ4n) is 5.95. The second-order valence-corrected chi connectivity index (χ2v) is 11.6. The highest BCUT2D eigenvalue weighted by atomic mass is 15.0. The molecule has 0 saturated carbocycles. The van der Waals surface area contributed by atoms with E-state index in [1.54, 1.807) is 6.20 Å². The first-order valence-electron chi connectivity index (χ1n) is 16.0. The molecule has 0 aliphatic rings. The molecular weight excluding hydrogens is 585 g/mol. The Balaban J connectivity index is 1.28. The molecule has 0 amide bonds. The topological polar surface area (TPSA) is 51.6 Å². The number of pyridine rings is 1. The average molecular weight is 615 g/mol. The van der Waals surface area contributed by atoms with E-state index in [-0.39, 0.29) is 0 Å². The smallest absolute Gasteiger partial charge is 0.164 e. The second kappa shape index (κ2) is 13.1. The van der Waals surface area contributed by atoms with Gasteiger partial charge in [0.15, 0.2) is 17.5 Å². The highest BCUT2D eigenvalue weighted by Gasteiger charge is 2.15. The summed E-state index contributed by atoms with van der Waals surface area (Å²) in [4.78, 5) is 19.3. The van der Waals surface area contributed by atoms with Crippen molar-refractivity contribution in [2.45, 2.75) is 0 Å². The molecule has 0 fully saturated rings. The van der Waals surface area contributed by atoms with Gasteiger partial charge in [0.25, 0.3) is 0 Å². The minimum atomic E-state index is 0.627. The Morgan fingerprint density at radius 1 is 0.250 bits per heavy atom. The number of hydrogen-bond acceptors (Lipinski definition) is 4. The molecule has 0 aliphatic carbocycles. The van der Waals surface area contributed by atoms with E-state index < -0.39 is 0 Å². The lowest BCUT2D eigenvalue weighted by atomic mass is 9.93. The van der Waals surface area contributed by atoms with Gasteiger partial charge in [0, 0.05) is 34.6 Å². The van der Waals surface area contributed by atoms with Crippen LogP contribution in [0.15, 0.2) is 182 Å². The molecule has 0 unspecified atom stereocenters. The number of hydrogen-bond donors (Lipinski definition) is 0. The Bertz CT molecular complexity index is 2260. The summed E-state index contributed by atoms with van der Waals surface area (Å²) in [6.07, 6.45) is 3.70. The number of benzene rings is 6. The van der Waals surface area contributed by atoms with E-state index in [1.165, 1.54) is 0 Å². The Hall–Kier alpha value is -6.52. The van der Waals surface area contributed by atoms with E-state index in [9.17, 15) is 0 Å². The van der Waals surface area contributed by atoms with Crippen molar-refractivity contribution >= 4 is 0 Å². The summed E-state index contributed by atoms with van der Waals surface area (Å²) in [5.74, 6) is 1.91. The van der Waals surface area contributed by atoms with Crippen molar-refractivity contribution in [2.75, 3.05) is 0 Å². The Kier molecular flexibility index (Phi) is 7.87. The van der Waals surface area contributed by atoms with E-state index >= 15 is 0 Å². The largest absolute Gasteiger partial charge is 0.264 e. The van der Waals surface area contributed by atoms with Crippen molar-refractivity contribution in [3.05, 3.63) is 182 Å². The SMILES string of the molecule is c1ccc(-c2cc(-c3cccc(-c4cccc(-c5cccnc5)c4)c3)cc(-c3nc(-c4ccccc4)nc(-c4ccccc4)n3)c2)cc1. The van der Waals surface area contributed by atoms with Gasteiger partial charge in [-0.05, 0) is 75.3 Å². The average Bonchev–Trinajstić information content (AvgIpc) is 3.19. The van der Waals surface area contributed by atoms with Crippen LogP contribution in [0.4, 0.5) is 0 Å². The lowest BCUT2D eigenvalue weighted by Gasteiger charge is -2.13. The van der Waals surface area contributed by atoms with Crippen molar-refractivity contribution in [1.29, 1.82) is 0 Å². The summed E-state index contributed by atoms with van der Waals surface area (Å²) >= 11 is 0. The molecule has 0 bridgehead atoms. The zero-order chi connectivity index (χ0) is 32.1. The van der Waals surface area contributed by atoms with Gasteiger partial charge in [0.1, 0.15) is 0 Å². The minimum absolute atomic E-state index is 0.627. The molecule has 8 rings (SSSR count). The van der Waals surface area contributed by atoms with Crippen LogP contribution in [0.25, 0.3) is 78.7 Å². The highest BCUT2D eigenvalue weighted by Crippen LogP contribution is 2.35. The van der Waals surface area contributed by atoms with Gasteiger partial charge < -0.3 is 0 Å². The van der Waals surface area contributed by atoms with Crippen LogP contribution in [0.3, 0.4) is 0 Å². The van der Waals surface area contributed by atoms with Crippen molar-refractivity contribution in [3.63, 3.8) is 0 Å². The Morgan fingerprint density at radius 3 is 1.10 bits per heavy atom. The van der Waals surface area contributed by atoms with Gasteiger partial charge in [0.2, 0.25) is 0 Å². The van der Waals surface area contributed by atoms with Crippen LogP contribution in [0, 0.1) is 0 Å². The van der Waals surface area contributed by atoms with Crippen LogP contribution in [0.5, 0.6) is 0 Å². The number of rotatable bonds is 7. The maximum Gasteiger partial charge on any atom is 0.164 e. The quantitative estimate of drug-likeness (QED) is 0.179. The molecule has 226 valence electrons. The van der Waals surface area contributed by atoms with Crippen molar-refractivity contribution in [3.8, 4) is 78.7 Å². The summed E-state index contributed by atoms with van der Waals surface area (Å²) < 4.78 is 0. The van der Waals surface area contributed by atoms with Crippen LogP contribution in [0.2, 0.25) is 0 Å². The Labute approximate surface area is 280 Å². The van der Waals surface area contributed by atoms with Crippen LogP contribution < -0.4 is 0 Å². The van der Waals surface area contributed by atoms with Crippen molar-refractivity contribution < 1.29 is 0 Å². The molecule has 0 N–H and O–H groups in total. The van der Waals surface area contributed by atoms with Gasteiger partial charge in [-0.15, -0.1) is 0 Å². The molecule has 6 aromatic carbocycles. The molecular formula is C44H30N4. The maximum atomic E-state index is 5.05. The second-order valence-electron chi connectivity index (χ2n) is 11.6. The highest BCUT2D eigenvalue weighted by molar-refractivity contribution is 5.83. The summed E-state index contributed by atoms with van der Waals surface area (Å²) in [5.41, 5.74) is 11.7. The summed E-state index contributed by atoms with van der Waals surface area (Å²) in [6.45, 7) is 0. The van der Waals surface area contributed by atoms with E-state index in [0.717, 1.165) is 61.2 Å². The third-order valence-corrected chi connectivity index (χ3v) is 8.38. The standard InChI is InChI=1S/C44H30N4/c1-4-13-31(14-5-1)39-27-40(37-22-11-20-35(26-37)34-19-10-21-36(25-34)38-23-12-24-45-30-38)29-41(28-39)44-47-42(32-15-6-2-7-16-32)46-43(48-44)33-17-8-3-9-18-33/h1-30H. The Morgan fingerprint density at radius 2 is 0.604 bits per heavy atom. The van der Waals surface area contributed by atoms with Crippen molar-refractivity contribution in [1.82, 2.24) is 19.9 Å². The third-order valence-electron chi connectivity index (χ3n) is 8.38. The van der Waals surface area contributed by atoms with Crippen LogP contribution >= 0.6 is 0 Å². The first kappa shape index (κ1) is 28.9. The van der Waals surface area contributed by atoms with E-state index in [0.29, 0.717) is 17.5 Å². The number of aromatic nitrogens is 4. The van der Waals surface area contributed by atoms with Crippen LogP contribution in [0.1, 0.15) is 0 Å². The third kappa shape index (κ3) is 6.15. The monoisotopic (exact) mass is 614 g/mol. The predicted octanol–water partition coefficient (Wildman–Crippen LogP) is 10.9. The molecule has 2 heterocycles. The molecule has 0 spiro atoms. The molecule has 0 aliphatic heterocycles. The first-order valence-corrected chi connectivity index (χ1v) is 16.0.